The molecule has 3 aliphatic heterocycles. The monoisotopic (exact) mass is 862 g/mol. The van der Waals surface area contributed by atoms with Crippen molar-refractivity contribution in [1.29, 1.82) is 5.41 Å². The zero-order valence-corrected chi connectivity index (χ0v) is 35.2. The zero-order chi connectivity index (χ0) is 44.6. The van der Waals surface area contributed by atoms with Crippen LogP contribution in [0.3, 0.4) is 0 Å². The summed E-state index contributed by atoms with van der Waals surface area (Å²) < 4.78 is 64.9. The molecule has 17 heteroatoms. The zero-order valence-electron chi connectivity index (χ0n) is 35.2. The van der Waals surface area contributed by atoms with Gasteiger partial charge < -0.3 is 46.2 Å². The van der Waals surface area contributed by atoms with Crippen LogP contribution in [0.1, 0.15) is 61.4 Å². The van der Waals surface area contributed by atoms with Gasteiger partial charge in [-0.05, 0) is 72.7 Å². The smallest absolute Gasteiger partial charge is 0.407 e. The van der Waals surface area contributed by atoms with Crippen LogP contribution in [0.25, 0.3) is 0 Å². The van der Waals surface area contributed by atoms with E-state index in [-0.39, 0.29) is 30.6 Å². The number of anilines is 1. The molecule has 3 unspecified atom stereocenters. The molecule has 2 aromatic carbocycles. The Morgan fingerprint density at radius 1 is 1.00 bits per heavy atom. The van der Waals surface area contributed by atoms with Crippen molar-refractivity contribution in [2.75, 3.05) is 44.9 Å². The quantitative estimate of drug-likeness (QED) is 0.0525. The van der Waals surface area contributed by atoms with Crippen molar-refractivity contribution < 1.29 is 41.7 Å². The predicted molar refractivity (Wildman–Crippen MR) is 226 cm³/mol. The van der Waals surface area contributed by atoms with Crippen LogP contribution < -0.4 is 26.2 Å². The van der Waals surface area contributed by atoms with E-state index in [0.717, 1.165) is 73.2 Å². The summed E-state index contributed by atoms with van der Waals surface area (Å²) in [4.78, 5) is 35.6. The number of allylic oxidation sites excluding steroid dienone is 1. The number of carbonyl (C=O) groups is 2. The number of fused-ring (bicyclic) bond motifs is 2. The van der Waals surface area contributed by atoms with E-state index in [4.69, 9.17) is 19.9 Å². The summed E-state index contributed by atoms with van der Waals surface area (Å²) in [5.41, 5.74) is 0.556. The SMILES string of the molecule is COC(=O)NC(C(=O)N[C@@H](Cc1ccc(C#Cc2ccc(N3CC4CCC(C3)N4C3COC3)nc2)cc1)[C@@H](O)CNCc1c(F)cc(C(=N)/C=C\NC(F)F)cc1F)C(C)(C)C. The Balaban J connectivity index is 1.10. The number of aliphatic hydroxyl groups excluding tert-OH is 1. The summed E-state index contributed by atoms with van der Waals surface area (Å²) in [5, 5.41) is 29.3. The molecule has 6 rings (SSSR count). The van der Waals surface area contributed by atoms with Gasteiger partial charge in [0.15, 0.2) is 0 Å². The number of pyridine rings is 1. The number of benzene rings is 2. The number of alkyl halides is 2. The minimum atomic E-state index is -2.86. The molecule has 2 bridgehead atoms. The standard InChI is InChI=1S/C45H54F4N8O5/c1-45(2,3)41(55-44(60)61-4)42(59)54-38(39(58)22-51-21-34-35(46)18-30(19-36(34)47)37(50)15-16-52-43(48)49)17-28-8-5-27(6-9-28)7-10-29-11-14-40(53-20-29)56-23-31-12-13-32(24-56)57(31)33-25-62-26-33/h5-6,8-9,11,14-16,18-20,31-33,38-39,41,43,50-52,58H,12-13,17,21-26H2,1-4H3,(H,54,59)(H,55,60)/b16-15-,50-37?/t31?,32?,38-,39-,41?/m0/s1. The molecular weight excluding hydrogens is 809 g/mol. The van der Waals surface area contributed by atoms with Gasteiger partial charge in [0.25, 0.3) is 0 Å². The highest BCUT2D eigenvalue weighted by Gasteiger charge is 2.45. The molecule has 0 radical (unpaired) electrons. The van der Waals surface area contributed by atoms with Gasteiger partial charge in [0.05, 0.1) is 44.2 Å². The third-order valence-corrected chi connectivity index (χ3v) is 11.4. The number of halogens is 4. The first kappa shape index (κ1) is 46.0. The molecule has 6 N–H and O–H groups in total. The molecule has 3 aromatic rings. The van der Waals surface area contributed by atoms with Crippen LogP contribution >= 0.6 is 0 Å². The van der Waals surface area contributed by atoms with Gasteiger partial charge in [-0.15, -0.1) is 0 Å². The molecular formula is C45H54F4N8O5. The van der Waals surface area contributed by atoms with Crippen LogP contribution in [-0.4, -0.2) is 116 Å². The number of alkyl carbamates (subject to hydrolysis) is 1. The summed E-state index contributed by atoms with van der Waals surface area (Å²) in [6, 6.07) is 12.7. The van der Waals surface area contributed by atoms with Crippen LogP contribution in [0.2, 0.25) is 0 Å². The first-order valence-electron chi connectivity index (χ1n) is 20.6. The third kappa shape index (κ3) is 11.9. The van der Waals surface area contributed by atoms with E-state index >= 15 is 8.78 Å². The Hall–Kier alpha value is -5.54. The number of hydrogen-bond donors (Lipinski definition) is 6. The van der Waals surface area contributed by atoms with Gasteiger partial charge in [-0.2, -0.15) is 8.78 Å². The number of carbonyl (C=O) groups excluding carboxylic acids is 2. The Morgan fingerprint density at radius 3 is 2.21 bits per heavy atom. The Bertz CT molecular complexity index is 2100. The third-order valence-electron chi connectivity index (χ3n) is 11.4. The van der Waals surface area contributed by atoms with Crippen LogP contribution in [-0.2, 0) is 27.2 Å². The molecule has 3 saturated heterocycles. The van der Waals surface area contributed by atoms with Crippen molar-refractivity contribution in [2.45, 2.75) is 89.4 Å². The van der Waals surface area contributed by atoms with Crippen molar-refractivity contribution >= 4 is 23.5 Å². The molecule has 3 aliphatic rings. The van der Waals surface area contributed by atoms with Crippen LogP contribution in [0.15, 0.2) is 67.0 Å². The van der Waals surface area contributed by atoms with Crippen LogP contribution in [0, 0.1) is 34.3 Å². The van der Waals surface area contributed by atoms with Crippen molar-refractivity contribution in [3.05, 3.63) is 106 Å². The summed E-state index contributed by atoms with van der Waals surface area (Å²) in [6.45, 7) is 5.40. The highest BCUT2D eigenvalue weighted by atomic mass is 19.3. The predicted octanol–water partition coefficient (Wildman–Crippen LogP) is 4.45. The lowest BCUT2D eigenvalue weighted by Gasteiger charge is -2.47. The van der Waals surface area contributed by atoms with Crippen molar-refractivity contribution in [2.24, 2.45) is 5.41 Å². The van der Waals surface area contributed by atoms with E-state index in [2.05, 4.69) is 37.6 Å². The molecule has 4 heterocycles. The fraction of sp³-hybridized carbons (Fsp3) is 0.467. The van der Waals surface area contributed by atoms with Crippen molar-refractivity contribution in [1.82, 2.24) is 31.2 Å². The maximum atomic E-state index is 15.0. The Kier molecular flexibility index (Phi) is 15.2. The lowest BCUT2D eigenvalue weighted by atomic mass is 9.85. The lowest BCUT2D eigenvalue weighted by molar-refractivity contribution is -0.127. The number of aromatic nitrogens is 1. The van der Waals surface area contributed by atoms with Crippen molar-refractivity contribution in [3.8, 4) is 11.8 Å². The molecule has 62 heavy (non-hydrogen) atoms. The highest BCUT2D eigenvalue weighted by Crippen LogP contribution is 2.35. The Labute approximate surface area is 359 Å². The number of methoxy groups -OCH3 is 1. The minimum Gasteiger partial charge on any atom is -0.453 e. The number of nitrogens with one attached hydrogen (secondary N) is 5. The number of aliphatic hydroxyl groups is 1. The molecule has 0 spiro atoms. The molecule has 13 nitrogen and oxygen atoms in total. The van der Waals surface area contributed by atoms with E-state index in [9.17, 15) is 23.5 Å². The normalized spacial score (nSPS) is 19.3. The summed E-state index contributed by atoms with van der Waals surface area (Å²) in [7, 11) is 1.18. The number of ether oxygens (including phenoxy) is 2. The molecule has 3 fully saturated rings. The second kappa shape index (κ2) is 20.6. The van der Waals surface area contributed by atoms with Gasteiger partial charge in [-0.25, -0.2) is 18.6 Å². The maximum Gasteiger partial charge on any atom is 0.407 e. The van der Waals surface area contributed by atoms with Crippen LogP contribution in [0.4, 0.5) is 28.2 Å². The molecule has 0 saturated carbocycles. The molecule has 5 atom stereocenters. The number of rotatable bonds is 16. The highest BCUT2D eigenvalue weighted by molar-refractivity contribution is 6.06. The van der Waals surface area contributed by atoms with E-state index in [1.807, 2.05) is 36.4 Å². The van der Waals surface area contributed by atoms with Gasteiger partial charge in [0.2, 0.25) is 5.91 Å². The first-order chi connectivity index (χ1) is 29.6. The number of nitrogens with zero attached hydrogens (tertiary/aromatic N) is 3. The molecule has 2 amide bonds. The average molecular weight is 863 g/mol. The number of hydrogen-bond acceptors (Lipinski definition) is 11. The van der Waals surface area contributed by atoms with Gasteiger partial charge in [-0.3, -0.25) is 9.69 Å². The van der Waals surface area contributed by atoms with Gasteiger partial charge in [-0.1, -0.05) is 44.7 Å². The number of amides is 2. The fourth-order valence-electron chi connectivity index (χ4n) is 8.00. The lowest BCUT2D eigenvalue weighted by Crippen LogP contribution is -2.62. The van der Waals surface area contributed by atoms with E-state index in [1.54, 1.807) is 32.3 Å². The number of piperazine rings is 1. The average Bonchev–Trinajstić information content (AvgIpc) is 3.44. The van der Waals surface area contributed by atoms with E-state index in [1.165, 1.54) is 20.0 Å². The summed E-state index contributed by atoms with van der Waals surface area (Å²) >= 11 is 0. The second-order valence-corrected chi connectivity index (χ2v) is 16.9. The largest absolute Gasteiger partial charge is 0.453 e. The van der Waals surface area contributed by atoms with Gasteiger partial charge in [0.1, 0.15) is 23.5 Å². The van der Waals surface area contributed by atoms with Crippen molar-refractivity contribution in [3.63, 3.8) is 0 Å². The summed E-state index contributed by atoms with van der Waals surface area (Å²) in [5.74, 6) is 4.74. The molecule has 0 aliphatic carbocycles. The maximum absolute atomic E-state index is 15.0. The van der Waals surface area contributed by atoms with Gasteiger partial charge >= 0.3 is 12.6 Å². The summed E-state index contributed by atoms with van der Waals surface area (Å²) in [6.07, 6.45) is 3.99. The van der Waals surface area contributed by atoms with Gasteiger partial charge in [0, 0.05) is 72.9 Å². The Morgan fingerprint density at radius 2 is 1.65 bits per heavy atom. The van der Waals surface area contributed by atoms with E-state index in [0.29, 0.717) is 18.1 Å². The second-order valence-electron chi connectivity index (χ2n) is 16.9. The molecule has 332 valence electrons. The molecule has 1 aromatic heterocycles. The topological polar surface area (TPSA) is 164 Å². The minimum absolute atomic E-state index is 0.140. The fourth-order valence-corrected chi connectivity index (χ4v) is 8.00. The first-order valence-corrected chi connectivity index (χ1v) is 20.6. The van der Waals surface area contributed by atoms with E-state index < -0.39 is 59.5 Å². The van der Waals surface area contributed by atoms with Crippen LogP contribution in [0.5, 0.6) is 0 Å².